The number of rotatable bonds is 7. The summed E-state index contributed by atoms with van der Waals surface area (Å²) in [4.78, 5) is 9.68. The fourth-order valence-electron chi connectivity index (χ4n) is 3.61. The zero-order valence-corrected chi connectivity index (χ0v) is 25.9. The predicted octanol–water partition coefficient (Wildman–Crippen LogP) is 5.11. The van der Waals surface area contributed by atoms with Gasteiger partial charge in [-0.2, -0.15) is 18.6 Å². The van der Waals surface area contributed by atoms with E-state index < -0.39 is 31.6 Å². The van der Waals surface area contributed by atoms with Gasteiger partial charge in [0.2, 0.25) is 0 Å². The van der Waals surface area contributed by atoms with E-state index in [1.165, 1.54) is 16.8 Å². The van der Waals surface area contributed by atoms with Crippen molar-refractivity contribution in [3.8, 4) is 34.6 Å². The van der Waals surface area contributed by atoms with Gasteiger partial charge in [-0.3, -0.25) is 14.7 Å². The zero-order chi connectivity index (χ0) is 33.6. The molecule has 1 aromatic heterocycles. The van der Waals surface area contributed by atoms with Gasteiger partial charge < -0.3 is 25.5 Å². The number of para-hydroxylation sites is 1. The molecule has 5 rings (SSSR count). The fourth-order valence-corrected chi connectivity index (χ4v) is 4.11. The number of aromatic hydroxyl groups is 3. The van der Waals surface area contributed by atoms with E-state index >= 15 is 0 Å². The maximum absolute atomic E-state index is 12.4. The average molecular weight is 700 g/mol. The molecule has 19 heteroatoms. The summed E-state index contributed by atoms with van der Waals surface area (Å²) in [6.07, 6.45) is 0. The summed E-state index contributed by atoms with van der Waals surface area (Å²) in [7, 11) is -4.43. The average Bonchev–Trinajstić information content (AvgIpc) is 3.29. The largest absolute Gasteiger partial charge is 3.00 e. The first-order valence-electron chi connectivity index (χ1n) is 12.7. The van der Waals surface area contributed by atoms with Gasteiger partial charge in [0.1, 0.15) is 34.3 Å². The van der Waals surface area contributed by atoms with Crippen LogP contribution < -0.4 is 10.2 Å². The number of hydrogen-bond donors (Lipinski definition) is 4. The van der Waals surface area contributed by atoms with Gasteiger partial charge in [-0.05, 0) is 49.4 Å². The normalized spacial score (nSPS) is 11.2. The van der Waals surface area contributed by atoms with Crippen molar-refractivity contribution < 1.29 is 60.8 Å². The molecule has 5 aromatic rings. The first kappa shape index (κ1) is 35.6. The van der Waals surface area contributed by atoms with Gasteiger partial charge in [0.15, 0.2) is 0 Å². The molecule has 0 aliphatic heterocycles. The second-order valence-electron chi connectivity index (χ2n) is 9.09. The number of aryl methyl sites for hydroxylation is 1. The minimum Gasteiger partial charge on any atom is -0.871 e. The summed E-state index contributed by atoms with van der Waals surface area (Å²) >= 11 is 0. The Morgan fingerprint density at radius 1 is 0.787 bits per heavy atom. The molecule has 4 N–H and O–H groups in total. The van der Waals surface area contributed by atoms with Crippen LogP contribution in [0.5, 0.6) is 28.9 Å². The van der Waals surface area contributed by atoms with Crippen molar-refractivity contribution >= 4 is 38.6 Å². The number of phenols is 3. The Kier molecular flexibility index (Phi) is 11.3. The summed E-state index contributed by atoms with van der Waals surface area (Å²) in [5.41, 5.74) is 0.150. The number of aromatic nitrogens is 2. The van der Waals surface area contributed by atoms with Gasteiger partial charge in [0.25, 0.3) is 15.8 Å². The van der Waals surface area contributed by atoms with Crippen LogP contribution in [-0.4, -0.2) is 43.0 Å². The third kappa shape index (κ3) is 8.87. The van der Waals surface area contributed by atoms with E-state index in [2.05, 4.69) is 25.6 Å². The van der Waals surface area contributed by atoms with E-state index in [1.54, 1.807) is 31.2 Å². The molecule has 1 radical (unpaired) electrons. The topological polar surface area (TPSA) is 272 Å². The van der Waals surface area contributed by atoms with Gasteiger partial charge >= 0.3 is 17.4 Å². The van der Waals surface area contributed by atoms with Crippen molar-refractivity contribution in [2.75, 3.05) is 0 Å². The molecule has 0 spiro atoms. The van der Waals surface area contributed by atoms with Crippen molar-refractivity contribution in [1.82, 2.24) is 9.78 Å². The zero-order valence-electron chi connectivity index (χ0n) is 23.8. The van der Waals surface area contributed by atoms with Crippen molar-refractivity contribution in [2.45, 2.75) is 11.8 Å². The summed E-state index contributed by atoms with van der Waals surface area (Å²) in [5, 5.41) is 82.0. The van der Waals surface area contributed by atoms with Crippen LogP contribution in [0.25, 0.3) is 5.69 Å². The molecule has 1 heterocycles. The summed E-state index contributed by atoms with van der Waals surface area (Å²) in [6.45, 7) is 1.58. The van der Waals surface area contributed by atoms with Crippen LogP contribution in [0.2, 0.25) is 0 Å². The summed E-state index contributed by atoms with van der Waals surface area (Å²) < 4.78 is 32.1. The maximum atomic E-state index is 12.4. The van der Waals surface area contributed by atoms with Crippen molar-refractivity contribution in [2.24, 2.45) is 20.5 Å². The van der Waals surface area contributed by atoms with Crippen LogP contribution in [0.3, 0.4) is 0 Å². The van der Waals surface area contributed by atoms with E-state index in [4.69, 9.17) is 9.66 Å². The third-order valence-corrected chi connectivity index (χ3v) is 6.72. The van der Waals surface area contributed by atoms with Crippen LogP contribution in [0.4, 0.5) is 28.4 Å². The SMILES string of the molecule is Cc1nn(-c2ccccc2)c([O-])c1N=Nc1cc([N+](=O)[O-])ccc1[O-].O=S(=O)(O)c1ccc(O)c(N=Nc2ccc(O)cc2O)c1.[Cr+3]. The molecule has 0 aliphatic rings. The van der Waals surface area contributed by atoms with Crippen LogP contribution >= 0.6 is 0 Å². The minimum absolute atomic E-state index is 0. The van der Waals surface area contributed by atoms with E-state index in [1.807, 2.05) is 6.07 Å². The third-order valence-electron chi connectivity index (χ3n) is 5.87. The number of non-ortho nitro benzene ring substituents is 1. The minimum atomic E-state index is -4.43. The second-order valence-corrected chi connectivity index (χ2v) is 10.5. The molecule has 0 unspecified atom stereocenters. The van der Waals surface area contributed by atoms with Crippen LogP contribution in [0, 0.1) is 17.0 Å². The molecule has 17 nitrogen and oxygen atoms in total. The number of phenolic OH excluding ortho intramolecular Hbond substituents is 3. The number of azo groups is 2. The molecular weight excluding hydrogens is 678 g/mol. The quantitative estimate of drug-likeness (QED) is 0.0749. The second kappa shape index (κ2) is 14.9. The first-order chi connectivity index (χ1) is 21.7. The first-order valence-corrected chi connectivity index (χ1v) is 14.1. The molecule has 0 atom stereocenters. The van der Waals surface area contributed by atoms with Gasteiger partial charge in [-0.1, -0.05) is 30.0 Å². The molecule has 4 aromatic carbocycles. The number of nitro groups is 1. The maximum Gasteiger partial charge on any atom is 3.00 e. The molecule has 239 valence electrons. The van der Waals surface area contributed by atoms with Crippen molar-refractivity contribution in [1.29, 1.82) is 0 Å². The molecule has 47 heavy (non-hydrogen) atoms. The summed E-state index contributed by atoms with van der Waals surface area (Å²) in [6, 6.07) is 18.4. The molecule has 0 amide bonds. The Morgan fingerprint density at radius 2 is 1.45 bits per heavy atom. The molecule has 0 saturated heterocycles. The molecular formula is C28H21CrN7O10S+. The standard InChI is InChI=1S/C16H13N5O4.C12H10N2O6S.Cr/c1-10-15(16(23)20(19-10)11-5-3-2-4-6-11)18-17-13-9-12(21(24)25)7-8-14(13)22;15-7-1-3-9(12(17)5-7)13-14-10-6-8(21(18,19)20)2-4-11(10)16;/h2-9,22-23H,1H3;1-6,15-17H,(H,18,19,20);/q;;+3/p-2. The van der Waals surface area contributed by atoms with Gasteiger partial charge in [0.05, 0.1) is 26.9 Å². The van der Waals surface area contributed by atoms with E-state index in [0.29, 0.717) is 11.4 Å². The molecule has 0 saturated carbocycles. The number of nitrogens with zero attached hydrogens (tertiary/aromatic N) is 7. The Hall–Kier alpha value is -5.87. The monoisotopic (exact) mass is 699 g/mol. The number of nitro benzene ring substituents is 1. The van der Waals surface area contributed by atoms with Gasteiger partial charge in [-0.25, -0.2) is 4.68 Å². The van der Waals surface area contributed by atoms with Crippen molar-refractivity contribution in [3.63, 3.8) is 0 Å². The van der Waals surface area contributed by atoms with E-state index in [-0.39, 0.29) is 63.0 Å². The fraction of sp³-hybridized carbons (Fsp3) is 0.0357. The van der Waals surface area contributed by atoms with E-state index in [9.17, 15) is 39.0 Å². The Balaban J connectivity index is 0.000000254. The van der Waals surface area contributed by atoms with E-state index in [0.717, 1.165) is 42.5 Å². The molecule has 0 bridgehead atoms. The Bertz CT molecular complexity index is 2090. The van der Waals surface area contributed by atoms with Gasteiger partial charge in [-0.15, -0.1) is 15.3 Å². The van der Waals surface area contributed by atoms with Gasteiger partial charge in [0, 0.05) is 24.1 Å². The summed E-state index contributed by atoms with van der Waals surface area (Å²) in [5.74, 6) is -1.89. The predicted molar refractivity (Wildman–Crippen MR) is 156 cm³/mol. The molecule has 0 aliphatic carbocycles. The van der Waals surface area contributed by atoms with Crippen molar-refractivity contribution in [3.05, 3.63) is 101 Å². The Morgan fingerprint density at radius 3 is 2.09 bits per heavy atom. The van der Waals surface area contributed by atoms with Crippen LogP contribution in [0.1, 0.15) is 5.69 Å². The Labute approximate surface area is 276 Å². The number of hydrogen-bond acceptors (Lipinski definition) is 14. The molecule has 0 fully saturated rings. The number of benzene rings is 4. The van der Waals surface area contributed by atoms with Crippen LogP contribution in [-0.2, 0) is 27.5 Å². The smallest absolute Gasteiger partial charge is 0.871 e. The van der Waals surface area contributed by atoms with Crippen LogP contribution in [0.15, 0.2) is 110 Å².